The lowest BCUT2D eigenvalue weighted by Gasteiger charge is -2.34. The minimum atomic E-state index is 0.309. The zero-order valence-corrected chi connectivity index (χ0v) is 25.0. The van der Waals surface area contributed by atoms with Gasteiger partial charge < -0.3 is 37.9 Å². The predicted octanol–water partition coefficient (Wildman–Crippen LogP) is 0.778. The molecule has 1 aliphatic heterocycles. The summed E-state index contributed by atoms with van der Waals surface area (Å²) >= 11 is 0. The van der Waals surface area contributed by atoms with Gasteiger partial charge in [-0.1, -0.05) is 12.0 Å². The van der Waals surface area contributed by atoms with Crippen LogP contribution in [0, 0.1) is 12.3 Å². The van der Waals surface area contributed by atoms with Gasteiger partial charge in [0.25, 0.3) is 0 Å². The van der Waals surface area contributed by atoms with Crippen molar-refractivity contribution in [3.8, 4) is 12.3 Å². The highest BCUT2D eigenvalue weighted by Crippen LogP contribution is 2.07. The molecule has 0 atom stereocenters. The number of pyridine rings is 1. The summed E-state index contributed by atoms with van der Waals surface area (Å²) in [5, 5.41) is 0. The molecule has 1 aliphatic rings. The van der Waals surface area contributed by atoms with Gasteiger partial charge in [-0.2, -0.15) is 0 Å². The van der Waals surface area contributed by atoms with Crippen LogP contribution < -0.4 is 0 Å². The van der Waals surface area contributed by atoms with Crippen molar-refractivity contribution in [1.82, 2.24) is 14.8 Å². The van der Waals surface area contributed by atoms with Gasteiger partial charge in [0.05, 0.1) is 105 Å². The molecule has 0 aromatic carbocycles. The summed E-state index contributed by atoms with van der Waals surface area (Å²) < 4.78 is 43.6. The van der Waals surface area contributed by atoms with Gasteiger partial charge in [-0.05, 0) is 12.1 Å². The Morgan fingerprint density at radius 2 is 1.07 bits per heavy atom. The number of aldehydes is 1. The van der Waals surface area contributed by atoms with Crippen LogP contribution in [0.5, 0.6) is 0 Å². The van der Waals surface area contributed by atoms with Crippen molar-refractivity contribution in [2.75, 3.05) is 138 Å². The first-order chi connectivity index (χ1) is 20.8. The molecule has 0 radical (unpaired) electrons. The number of carbonyl (C=O) groups is 1. The van der Waals surface area contributed by atoms with Gasteiger partial charge in [0.1, 0.15) is 12.3 Å². The Kier molecular flexibility index (Phi) is 22.9. The van der Waals surface area contributed by atoms with E-state index in [1.165, 1.54) is 0 Å². The van der Waals surface area contributed by atoms with E-state index in [4.69, 9.17) is 44.3 Å². The van der Waals surface area contributed by atoms with Crippen LogP contribution in [0.15, 0.2) is 18.2 Å². The summed E-state index contributed by atoms with van der Waals surface area (Å²) in [7, 11) is 0. The second kappa shape index (κ2) is 26.6. The molecule has 1 saturated heterocycles. The fourth-order valence-corrected chi connectivity index (χ4v) is 3.92. The molecule has 12 nitrogen and oxygen atoms in total. The van der Waals surface area contributed by atoms with E-state index in [-0.39, 0.29) is 0 Å². The zero-order chi connectivity index (χ0) is 29.8. The number of aromatic nitrogens is 1. The van der Waals surface area contributed by atoms with E-state index in [0.717, 1.165) is 51.2 Å². The lowest BCUT2D eigenvalue weighted by Crippen LogP contribution is -2.46. The van der Waals surface area contributed by atoms with Crippen LogP contribution in [-0.2, 0) is 44.4 Å². The lowest BCUT2D eigenvalue weighted by molar-refractivity contribution is -0.0231. The van der Waals surface area contributed by atoms with Gasteiger partial charge in [-0.25, -0.2) is 4.98 Å². The van der Waals surface area contributed by atoms with Crippen LogP contribution in [0.3, 0.4) is 0 Å². The average Bonchev–Trinajstić information content (AvgIpc) is 3.02. The predicted molar refractivity (Wildman–Crippen MR) is 157 cm³/mol. The van der Waals surface area contributed by atoms with Gasteiger partial charge in [-0.15, -0.1) is 6.42 Å². The van der Waals surface area contributed by atoms with E-state index in [2.05, 4.69) is 20.7 Å². The Labute approximate surface area is 250 Å². The van der Waals surface area contributed by atoms with Gasteiger partial charge in [-0.3, -0.25) is 14.6 Å². The van der Waals surface area contributed by atoms with Crippen LogP contribution in [0.1, 0.15) is 16.2 Å². The molecule has 0 unspecified atom stereocenters. The normalized spacial score (nSPS) is 14.3. The Morgan fingerprint density at radius 3 is 1.52 bits per heavy atom. The molecule has 2 rings (SSSR count). The quantitative estimate of drug-likeness (QED) is 0.0776. The van der Waals surface area contributed by atoms with Crippen molar-refractivity contribution in [2.24, 2.45) is 0 Å². The molecule has 0 bridgehead atoms. The lowest BCUT2D eigenvalue weighted by atomic mass is 10.2. The number of rotatable bonds is 28. The molecule has 238 valence electrons. The number of nitrogens with zero attached hydrogens (tertiary/aromatic N) is 3. The third-order valence-electron chi connectivity index (χ3n) is 6.14. The van der Waals surface area contributed by atoms with E-state index >= 15 is 0 Å². The fraction of sp³-hybridized carbons (Fsp3) is 0.733. The maximum atomic E-state index is 10.9. The summed E-state index contributed by atoms with van der Waals surface area (Å²) in [5.74, 6) is 2.40. The third kappa shape index (κ3) is 20.0. The average molecular weight is 596 g/mol. The molecule has 0 aliphatic carbocycles. The van der Waals surface area contributed by atoms with Crippen LogP contribution in [0.2, 0.25) is 0 Å². The van der Waals surface area contributed by atoms with Crippen LogP contribution >= 0.6 is 0 Å². The van der Waals surface area contributed by atoms with Crippen molar-refractivity contribution < 1.29 is 42.7 Å². The van der Waals surface area contributed by atoms with Crippen molar-refractivity contribution in [2.45, 2.75) is 6.54 Å². The number of ether oxygens (including phenoxy) is 8. The largest absolute Gasteiger partial charge is 0.378 e. The topological polar surface area (TPSA) is 110 Å². The van der Waals surface area contributed by atoms with Crippen molar-refractivity contribution in [3.05, 3.63) is 29.6 Å². The molecule has 1 aromatic heterocycles. The van der Waals surface area contributed by atoms with E-state index in [1.54, 1.807) is 6.07 Å². The van der Waals surface area contributed by atoms with E-state index < -0.39 is 0 Å². The number of hydrogen-bond acceptors (Lipinski definition) is 12. The molecule has 0 amide bonds. The number of terminal acetylenes is 1. The van der Waals surface area contributed by atoms with Crippen LogP contribution in [0.4, 0.5) is 0 Å². The molecule has 42 heavy (non-hydrogen) atoms. The first-order valence-electron chi connectivity index (χ1n) is 14.7. The monoisotopic (exact) mass is 595 g/mol. The maximum absolute atomic E-state index is 10.9. The molecular weight excluding hydrogens is 546 g/mol. The van der Waals surface area contributed by atoms with Gasteiger partial charge in [0, 0.05) is 39.3 Å². The molecule has 0 saturated carbocycles. The van der Waals surface area contributed by atoms with E-state index in [1.807, 2.05) is 12.1 Å². The minimum Gasteiger partial charge on any atom is -0.378 e. The summed E-state index contributed by atoms with van der Waals surface area (Å²) in [6.45, 7) is 14.0. The van der Waals surface area contributed by atoms with Gasteiger partial charge in [0.2, 0.25) is 0 Å². The second-order valence-corrected chi connectivity index (χ2v) is 9.33. The van der Waals surface area contributed by atoms with Crippen molar-refractivity contribution in [3.63, 3.8) is 0 Å². The number of piperazine rings is 1. The number of carbonyl (C=O) groups excluding carboxylic acids is 1. The van der Waals surface area contributed by atoms with Gasteiger partial charge >= 0.3 is 0 Å². The SMILES string of the molecule is C#CCOCCOCCOCCOCCOCCOCCOCCOCCN1CCN(Cc2cccc(C=O)n2)CC1. The summed E-state index contributed by atoms with van der Waals surface area (Å²) in [6.07, 6.45) is 5.87. The Bertz CT molecular complexity index is 819. The van der Waals surface area contributed by atoms with Crippen molar-refractivity contribution in [1.29, 1.82) is 0 Å². The first-order valence-corrected chi connectivity index (χ1v) is 14.7. The molecule has 0 spiro atoms. The molecule has 1 aromatic rings. The van der Waals surface area contributed by atoms with E-state index in [0.29, 0.717) is 111 Å². The Balaban J connectivity index is 1.23. The fourth-order valence-electron chi connectivity index (χ4n) is 3.92. The molecule has 2 heterocycles. The van der Waals surface area contributed by atoms with Gasteiger partial charge in [0.15, 0.2) is 6.29 Å². The summed E-state index contributed by atoms with van der Waals surface area (Å²) in [4.78, 5) is 20.0. The highest BCUT2D eigenvalue weighted by molar-refractivity contribution is 5.71. The molecule has 1 fully saturated rings. The third-order valence-corrected chi connectivity index (χ3v) is 6.14. The first kappa shape index (κ1) is 36.2. The maximum Gasteiger partial charge on any atom is 0.168 e. The molecule has 12 heteroatoms. The standard InChI is InChI=1S/C30H49N3O9/c1-2-11-35-13-15-37-17-19-39-21-23-41-25-26-42-24-22-40-20-18-38-16-14-36-12-10-32-6-8-33(9-7-32)27-29-4-3-5-30(28-34)31-29/h1,3-5,28H,6-27H2. The second-order valence-electron chi connectivity index (χ2n) is 9.33. The molecular formula is C30H49N3O9. The summed E-state index contributed by atoms with van der Waals surface area (Å²) in [6, 6.07) is 5.58. The van der Waals surface area contributed by atoms with E-state index in [9.17, 15) is 4.79 Å². The Morgan fingerprint density at radius 1 is 0.643 bits per heavy atom. The smallest absolute Gasteiger partial charge is 0.168 e. The van der Waals surface area contributed by atoms with Crippen LogP contribution in [0.25, 0.3) is 0 Å². The zero-order valence-electron chi connectivity index (χ0n) is 25.0. The minimum absolute atomic E-state index is 0.309. The highest BCUT2D eigenvalue weighted by Gasteiger charge is 2.17. The number of hydrogen-bond donors (Lipinski definition) is 0. The van der Waals surface area contributed by atoms with Crippen LogP contribution in [-0.4, -0.2) is 160 Å². The van der Waals surface area contributed by atoms with Crippen molar-refractivity contribution >= 4 is 6.29 Å². The molecule has 0 N–H and O–H groups in total. The Hall–Kier alpha value is -2.02. The summed E-state index contributed by atoms with van der Waals surface area (Å²) in [5.41, 5.74) is 1.42. The highest BCUT2D eigenvalue weighted by atomic mass is 16.6.